The van der Waals surface area contributed by atoms with Gasteiger partial charge in [-0.2, -0.15) is 0 Å². The van der Waals surface area contributed by atoms with E-state index in [4.69, 9.17) is 9.47 Å². The summed E-state index contributed by atoms with van der Waals surface area (Å²) in [5.41, 5.74) is 1.77. The van der Waals surface area contributed by atoms with Gasteiger partial charge in [0.15, 0.2) is 0 Å². The fraction of sp³-hybridized carbons (Fsp3) is 0.524. The molecule has 1 saturated heterocycles. The molecule has 1 aromatic carbocycles. The molecule has 2 aromatic rings. The molecular formula is C21H28N4O4. The molecule has 3 rings (SSSR count). The molecule has 29 heavy (non-hydrogen) atoms. The first-order valence-electron chi connectivity index (χ1n) is 9.83. The lowest BCUT2D eigenvalue weighted by atomic mass is 9.92. The molecule has 8 heteroatoms. The van der Waals surface area contributed by atoms with E-state index in [9.17, 15) is 9.59 Å². The van der Waals surface area contributed by atoms with Crippen LogP contribution < -0.4 is 0 Å². The number of carbonyl (C=O) groups is 2. The predicted molar refractivity (Wildman–Crippen MR) is 107 cm³/mol. The predicted octanol–water partition coefficient (Wildman–Crippen LogP) is 3.24. The van der Waals surface area contributed by atoms with E-state index < -0.39 is 5.60 Å². The zero-order valence-corrected chi connectivity index (χ0v) is 17.4. The minimum absolute atomic E-state index is 0.239. The minimum atomic E-state index is -0.471. The van der Waals surface area contributed by atoms with E-state index in [1.54, 1.807) is 21.7 Å². The van der Waals surface area contributed by atoms with Crippen LogP contribution in [0.4, 0.5) is 4.79 Å². The van der Waals surface area contributed by atoms with Crippen molar-refractivity contribution in [1.82, 2.24) is 19.9 Å². The Hall–Kier alpha value is -2.90. The minimum Gasteiger partial charge on any atom is -0.465 e. The van der Waals surface area contributed by atoms with Gasteiger partial charge in [-0.3, -0.25) is 0 Å². The lowest BCUT2D eigenvalue weighted by Crippen LogP contribution is -2.42. The second-order valence-electron chi connectivity index (χ2n) is 8.31. The number of aromatic nitrogens is 3. The van der Waals surface area contributed by atoms with Crippen molar-refractivity contribution in [2.75, 3.05) is 20.2 Å². The third-order valence-electron chi connectivity index (χ3n) is 4.86. The maximum Gasteiger partial charge on any atom is 0.410 e. The summed E-state index contributed by atoms with van der Waals surface area (Å²) in [5.74, 6) is 0.0918. The van der Waals surface area contributed by atoms with Gasteiger partial charge in [-0.05, 0) is 70.2 Å². The van der Waals surface area contributed by atoms with Gasteiger partial charge in [-0.25, -0.2) is 14.3 Å². The number of nitrogens with zero attached hydrogens (tertiary/aromatic N) is 4. The Balaban J connectivity index is 1.53. The number of rotatable bonds is 4. The van der Waals surface area contributed by atoms with E-state index in [0.29, 0.717) is 24.6 Å². The number of likely N-dealkylation sites (tertiary alicyclic amines) is 1. The molecule has 0 aliphatic carbocycles. The number of piperidine rings is 1. The normalized spacial score (nSPS) is 15.2. The topological polar surface area (TPSA) is 86.5 Å². The van der Waals surface area contributed by atoms with Crippen LogP contribution in [0.3, 0.4) is 0 Å². The number of ether oxygens (including phenoxy) is 2. The molecule has 0 atom stereocenters. The summed E-state index contributed by atoms with van der Waals surface area (Å²) in [6, 6.07) is 7.03. The van der Waals surface area contributed by atoms with Crippen molar-refractivity contribution < 1.29 is 19.1 Å². The zero-order chi connectivity index (χ0) is 21.0. The number of esters is 1. The van der Waals surface area contributed by atoms with Crippen LogP contribution in [-0.4, -0.2) is 57.8 Å². The summed E-state index contributed by atoms with van der Waals surface area (Å²) in [4.78, 5) is 25.5. The maximum atomic E-state index is 12.2. The van der Waals surface area contributed by atoms with Gasteiger partial charge in [0.2, 0.25) is 0 Å². The summed E-state index contributed by atoms with van der Waals surface area (Å²) in [6.07, 6.45) is 4.33. The summed E-state index contributed by atoms with van der Waals surface area (Å²) in [5, 5.41) is 8.48. The van der Waals surface area contributed by atoms with Gasteiger partial charge in [-0.15, -0.1) is 5.10 Å². The van der Waals surface area contributed by atoms with Gasteiger partial charge in [0.1, 0.15) is 5.60 Å². The van der Waals surface area contributed by atoms with Gasteiger partial charge in [-0.1, -0.05) is 5.21 Å². The third-order valence-corrected chi connectivity index (χ3v) is 4.86. The molecule has 0 N–H and O–H groups in total. The monoisotopic (exact) mass is 400 g/mol. The summed E-state index contributed by atoms with van der Waals surface area (Å²) < 4.78 is 11.9. The molecule has 1 aromatic heterocycles. The Bertz CT molecular complexity index is 846. The average Bonchev–Trinajstić information content (AvgIpc) is 3.15. The molecule has 0 bridgehead atoms. The molecule has 1 fully saturated rings. The second-order valence-corrected chi connectivity index (χ2v) is 8.31. The first-order chi connectivity index (χ1) is 13.7. The summed E-state index contributed by atoms with van der Waals surface area (Å²) in [6.45, 7) is 7.03. The van der Waals surface area contributed by atoms with Crippen LogP contribution >= 0.6 is 0 Å². The van der Waals surface area contributed by atoms with Gasteiger partial charge in [0.25, 0.3) is 0 Å². The Kier molecular flexibility index (Phi) is 6.20. The smallest absolute Gasteiger partial charge is 0.410 e. The van der Waals surface area contributed by atoms with Crippen molar-refractivity contribution in [3.63, 3.8) is 0 Å². The highest BCUT2D eigenvalue weighted by Crippen LogP contribution is 2.23. The summed E-state index contributed by atoms with van der Waals surface area (Å²) in [7, 11) is 1.36. The van der Waals surface area contributed by atoms with E-state index in [2.05, 4.69) is 10.3 Å². The van der Waals surface area contributed by atoms with Gasteiger partial charge in [0, 0.05) is 13.1 Å². The van der Waals surface area contributed by atoms with Gasteiger partial charge >= 0.3 is 12.1 Å². The Morgan fingerprint density at radius 2 is 1.79 bits per heavy atom. The van der Waals surface area contributed by atoms with E-state index in [-0.39, 0.29) is 12.1 Å². The number of amides is 1. The highest BCUT2D eigenvalue weighted by molar-refractivity contribution is 5.89. The number of hydrogen-bond donors (Lipinski definition) is 0. The lowest BCUT2D eigenvalue weighted by Gasteiger charge is -2.33. The molecule has 2 heterocycles. The molecule has 8 nitrogen and oxygen atoms in total. The van der Waals surface area contributed by atoms with Crippen molar-refractivity contribution in [1.29, 1.82) is 0 Å². The van der Waals surface area contributed by atoms with E-state index in [1.165, 1.54) is 7.11 Å². The third kappa shape index (κ3) is 5.56. The molecule has 0 radical (unpaired) electrons. The quantitative estimate of drug-likeness (QED) is 0.733. The molecule has 156 valence electrons. The number of benzene rings is 1. The van der Waals surface area contributed by atoms with Crippen molar-refractivity contribution in [2.45, 2.75) is 45.6 Å². The van der Waals surface area contributed by atoms with Crippen LogP contribution in [0.15, 0.2) is 30.5 Å². The number of hydrogen-bond acceptors (Lipinski definition) is 6. The van der Waals surface area contributed by atoms with Crippen LogP contribution in [0.25, 0.3) is 5.69 Å². The van der Waals surface area contributed by atoms with Crippen LogP contribution in [0.1, 0.15) is 49.7 Å². The highest BCUT2D eigenvalue weighted by atomic mass is 16.6. The SMILES string of the molecule is COC(=O)c1ccc(-n2cc(CC3CCN(C(=O)OC(C)(C)C)CC3)nn2)cc1. The Morgan fingerprint density at radius 3 is 2.38 bits per heavy atom. The molecule has 0 spiro atoms. The maximum absolute atomic E-state index is 12.2. The van der Waals surface area contributed by atoms with E-state index >= 15 is 0 Å². The summed E-state index contributed by atoms with van der Waals surface area (Å²) >= 11 is 0. The number of carbonyl (C=O) groups excluding carboxylic acids is 2. The van der Waals surface area contributed by atoms with Crippen LogP contribution in [-0.2, 0) is 15.9 Å². The van der Waals surface area contributed by atoms with Gasteiger partial charge < -0.3 is 14.4 Å². The first-order valence-corrected chi connectivity index (χ1v) is 9.83. The van der Waals surface area contributed by atoms with E-state index in [1.807, 2.05) is 39.1 Å². The van der Waals surface area contributed by atoms with Crippen molar-refractivity contribution >= 4 is 12.1 Å². The molecule has 1 amide bonds. The second kappa shape index (κ2) is 8.63. The largest absolute Gasteiger partial charge is 0.465 e. The molecule has 0 unspecified atom stereocenters. The van der Waals surface area contributed by atoms with Crippen molar-refractivity contribution in [3.8, 4) is 5.69 Å². The van der Waals surface area contributed by atoms with Crippen LogP contribution in [0.5, 0.6) is 0 Å². The number of methoxy groups -OCH3 is 1. The zero-order valence-electron chi connectivity index (χ0n) is 17.4. The standard InChI is InChI=1S/C21H28N4O4/c1-21(2,3)29-20(27)24-11-9-15(10-12-24)13-17-14-25(23-22-17)18-7-5-16(6-8-18)19(26)28-4/h5-8,14-15H,9-13H2,1-4H3. The van der Waals surface area contributed by atoms with Crippen molar-refractivity contribution in [3.05, 3.63) is 41.7 Å². The average molecular weight is 400 g/mol. The van der Waals surface area contributed by atoms with E-state index in [0.717, 1.165) is 30.6 Å². The lowest BCUT2D eigenvalue weighted by molar-refractivity contribution is 0.0184. The van der Waals surface area contributed by atoms with Crippen molar-refractivity contribution in [2.24, 2.45) is 5.92 Å². The molecular weight excluding hydrogens is 372 g/mol. The fourth-order valence-electron chi connectivity index (χ4n) is 3.33. The first kappa shape index (κ1) is 20.8. The molecule has 0 saturated carbocycles. The molecule has 1 aliphatic heterocycles. The Morgan fingerprint density at radius 1 is 1.14 bits per heavy atom. The van der Waals surface area contributed by atoms with Crippen LogP contribution in [0.2, 0.25) is 0 Å². The van der Waals surface area contributed by atoms with Gasteiger partial charge in [0.05, 0.1) is 30.3 Å². The fourth-order valence-corrected chi connectivity index (χ4v) is 3.33. The van der Waals surface area contributed by atoms with Crippen LogP contribution in [0, 0.1) is 5.92 Å². The Labute approximate surface area is 170 Å². The molecule has 1 aliphatic rings. The highest BCUT2D eigenvalue weighted by Gasteiger charge is 2.27.